The zero-order valence-corrected chi connectivity index (χ0v) is 18.2. The van der Waals surface area contributed by atoms with Gasteiger partial charge in [-0.05, 0) is 31.4 Å². The van der Waals surface area contributed by atoms with E-state index in [9.17, 15) is 9.59 Å². The number of aryl methyl sites for hydroxylation is 1. The minimum Gasteiger partial charge on any atom is -0.467 e. The van der Waals surface area contributed by atoms with Crippen LogP contribution < -0.4 is 10.6 Å². The standard InChI is InChI=1S/C22H32N4O5/c1-17(27)25-22(11-4-2-3-5-12-22)21-24-20(31-26-21)10-9-19(28)23-13-7-14-29-16-18-8-6-15-30-18/h6,8,15H,2-5,7,9-14,16H2,1H3,(H,23,28)(H,25,27). The van der Waals surface area contributed by atoms with Crippen LogP contribution in [0.3, 0.4) is 0 Å². The molecule has 0 radical (unpaired) electrons. The first-order valence-corrected chi connectivity index (χ1v) is 11.1. The van der Waals surface area contributed by atoms with E-state index < -0.39 is 5.54 Å². The van der Waals surface area contributed by atoms with Crippen LogP contribution in [0.5, 0.6) is 0 Å². The second-order valence-corrected chi connectivity index (χ2v) is 8.02. The number of hydrogen-bond acceptors (Lipinski definition) is 7. The Hall–Kier alpha value is -2.68. The highest BCUT2D eigenvalue weighted by atomic mass is 16.5. The van der Waals surface area contributed by atoms with Gasteiger partial charge in [0.05, 0.1) is 6.26 Å². The molecule has 9 nitrogen and oxygen atoms in total. The van der Waals surface area contributed by atoms with Gasteiger partial charge in [0.25, 0.3) is 0 Å². The maximum Gasteiger partial charge on any atom is 0.227 e. The summed E-state index contributed by atoms with van der Waals surface area (Å²) in [5, 5.41) is 10.1. The Labute approximate surface area is 182 Å². The highest BCUT2D eigenvalue weighted by Crippen LogP contribution is 2.34. The van der Waals surface area contributed by atoms with Crippen molar-refractivity contribution in [2.24, 2.45) is 0 Å². The molecular formula is C22H32N4O5. The predicted octanol–water partition coefficient (Wildman–Crippen LogP) is 3.00. The molecule has 0 aliphatic heterocycles. The second-order valence-electron chi connectivity index (χ2n) is 8.02. The van der Waals surface area contributed by atoms with E-state index in [1.807, 2.05) is 12.1 Å². The third-order valence-electron chi connectivity index (χ3n) is 5.45. The Morgan fingerprint density at radius 2 is 2.03 bits per heavy atom. The molecule has 1 aliphatic carbocycles. The van der Waals surface area contributed by atoms with Crippen LogP contribution in [0.4, 0.5) is 0 Å². The van der Waals surface area contributed by atoms with Gasteiger partial charge in [-0.2, -0.15) is 4.98 Å². The summed E-state index contributed by atoms with van der Waals surface area (Å²) in [6, 6.07) is 3.68. The van der Waals surface area contributed by atoms with Crippen molar-refractivity contribution < 1.29 is 23.3 Å². The van der Waals surface area contributed by atoms with Crippen molar-refractivity contribution in [2.75, 3.05) is 13.2 Å². The normalized spacial score (nSPS) is 15.9. The Morgan fingerprint density at radius 3 is 2.74 bits per heavy atom. The summed E-state index contributed by atoms with van der Waals surface area (Å²) in [7, 11) is 0. The van der Waals surface area contributed by atoms with Gasteiger partial charge in [-0.1, -0.05) is 30.8 Å². The van der Waals surface area contributed by atoms with E-state index in [1.165, 1.54) is 6.92 Å². The largest absolute Gasteiger partial charge is 0.467 e. The van der Waals surface area contributed by atoms with E-state index in [1.54, 1.807) is 6.26 Å². The first-order chi connectivity index (χ1) is 15.1. The Bertz CT molecular complexity index is 810. The van der Waals surface area contributed by atoms with Gasteiger partial charge in [0.2, 0.25) is 17.7 Å². The van der Waals surface area contributed by atoms with Crippen molar-refractivity contribution in [3.63, 3.8) is 0 Å². The molecule has 2 heterocycles. The van der Waals surface area contributed by atoms with Crippen LogP contribution in [0.25, 0.3) is 0 Å². The van der Waals surface area contributed by atoms with Crippen molar-refractivity contribution in [1.29, 1.82) is 0 Å². The molecule has 2 N–H and O–H groups in total. The van der Waals surface area contributed by atoms with E-state index >= 15 is 0 Å². The molecular weight excluding hydrogens is 400 g/mol. The van der Waals surface area contributed by atoms with Gasteiger partial charge < -0.3 is 24.3 Å². The minimum atomic E-state index is -0.567. The Balaban J connectivity index is 1.39. The van der Waals surface area contributed by atoms with Gasteiger partial charge >= 0.3 is 0 Å². The van der Waals surface area contributed by atoms with Crippen molar-refractivity contribution >= 4 is 11.8 Å². The molecule has 0 saturated heterocycles. The molecule has 2 aromatic rings. The minimum absolute atomic E-state index is 0.0724. The lowest BCUT2D eigenvalue weighted by molar-refractivity contribution is -0.122. The first kappa shape index (κ1) is 23.0. The fourth-order valence-electron chi connectivity index (χ4n) is 3.90. The zero-order valence-electron chi connectivity index (χ0n) is 18.2. The summed E-state index contributed by atoms with van der Waals surface area (Å²) < 4.78 is 16.1. The van der Waals surface area contributed by atoms with Crippen LogP contribution in [0, 0.1) is 0 Å². The third-order valence-corrected chi connectivity index (χ3v) is 5.45. The number of nitrogens with zero attached hydrogens (tertiary/aromatic N) is 2. The number of carbonyl (C=O) groups is 2. The van der Waals surface area contributed by atoms with Crippen LogP contribution in [0.2, 0.25) is 0 Å². The summed E-state index contributed by atoms with van der Waals surface area (Å²) in [6.07, 6.45) is 8.86. The van der Waals surface area contributed by atoms with Crippen molar-refractivity contribution in [3.8, 4) is 0 Å². The number of rotatable bonds is 11. The number of carbonyl (C=O) groups excluding carboxylic acids is 2. The summed E-state index contributed by atoms with van der Waals surface area (Å²) in [5.41, 5.74) is -0.567. The van der Waals surface area contributed by atoms with Gasteiger partial charge in [-0.25, -0.2) is 0 Å². The molecule has 9 heteroatoms. The van der Waals surface area contributed by atoms with Crippen molar-refractivity contribution in [3.05, 3.63) is 35.9 Å². The summed E-state index contributed by atoms with van der Waals surface area (Å²) in [4.78, 5) is 28.4. The highest BCUT2D eigenvalue weighted by Gasteiger charge is 2.38. The number of nitrogens with one attached hydrogen (secondary N) is 2. The van der Waals surface area contributed by atoms with Crippen LogP contribution >= 0.6 is 0 Å². The van der Waals surface area contributed by atoms with Crippen molar-refractivity contribution in [1.82, 2.24) is 20.8 Å². The van der Waals surface area contributed by atoms with Gasteiger partial charge in [0.15, 0.2) is 5.82 Å². The van der Waals surface area contributed by atoms with E-state index in [0.717, 1.165) is 50.7 Å². The lowest BCUT2D eigenvalue weighted by Crippen LogP contribution is -2.45. The lowest BCUT2D eigenvalue weighted by atomic mass is 9.89. The van der Waals surface area contributed by atoms with E-state index in [4.69, 9.17) is 13.7 Å². The van der Waals surface area contributed by atoms with Gasteiger partial charge in [-0.15, -0.1) is 0 Å². The molecule has 1 fully saturated rings. The maximum absolute atomic E-state index is 12.1. The van der Waals surface area contributed by atoms with E-state index in [2.05, 4.69) is 20.8 Å². The molecule has 2 amide bonds. The number of hydrogen-bond donors (Lipinski definition) is 2. The lowest BCUT2D eigenvalue weighted by Gasteiger charge is -2.30. The number of furan rings is 1. The third kappa shape index (κ3) is 7.20. The molecule has 0 unspecified atom stereocenters. The topological polar surface area (TPSA) is 119 Å². The van der Waals surface area contributed by atoms with Crippen LogP contribution in [-0.4, -0.2) is 35.1 Å². The predicted molar refractivity (Wildman–Crippen MR) is 112 cm³/mol. The number of ether oxygens (including phenoxy) is 1. The molecule has 1 aliphatic rings. The molecule has 0 bridgehead atoms. The molecule has 0 aromatic carbocycles. The number of amides is 2. The summed E-state index contributed by atoms with van der Waals surface area (Å²) >= 11 is 0. The highest BCUT2D eigenvalue weighted by molar-refractivity contribution is 5.76. The molecule has 170 valence electrons. The monoisotopic (exact) mass is 432 g/mol. The van der Waals surface area contributed by atoms with Crippen LogP contribution in [0.15, 0.2) is 27.3 Å². The Kier molecular flexibility index (Phi) is 8.63. The second kappa shape index (κ2) is 11.6. The molecule has 3 rings (SSSR count). The molecule has 31 heavy (non-hydrogen) atoms. The summed E-state index contributed by atoms with van der Waals surface area (Å²) in [5.74, 6) is 1.55. The molecule has 1 saturated carbocycles. The van der Waals surface area contributed by atoms with E-state index in [0.29, 0.717) is 37.9 Å². The van der Waals surface area contributed by atoms with Crippen LogP contribution in [-0.2, 0) is 32.9 Å². The van der Waals surface area contributed by atoms with Crippen LogP contribution in [0.1, 0.15) is 75.8 Å². The van der Waals surface area contributed by atoms with Gasteiger partial charge in [0.1, 0.15) is 17.9 Å². The van der Waals surface area contributed by atoms with E-state index in [-0.39, 0.29) is 18.2 Å². The molecule has 0 spiro atoms. The summed E-state index contributed by atoms with van der Waals surface area (Å²) in [6.45, 7) is 3.03. The SMILES string of the molecule is CC(=O)NC1(c2noc(CCC(=O)NCCCOCc3ccco3)n2)CCCCCC1. The van der Waals surface area contributed by atoms with Gasteiger partial charge in [-0.3, -0.25) is 9.59 Å². The number of aromatic nitrogens is 2. The smallest absolute Gasteiger partial charge is 0.227 e. The average Bonchev–Trinajstić information content (AvgIpc) is 3.38. The zero-order chi connectivity index (χ0) is 21.9. The first-order valence-electron chi connectivity index (χ1n) is 11.1. The fraction of sp³-hybridized carbons (Fsp3) is 0.636. The molecule has 0 atom stereocenters. The average molecular weight is 433 g/mol. The molecule has 2 aromatic heterocycles. The fourth-order valence-corrected chi connectivity index (χ4v) is 3.90. The Morgan fingerprint density at radius 1 is 1.23 bits per heavy atom. The van der Waals surface area contributed by atoms with Gasteiger partial charge in [0, 0.05) is 32.9 Å². The maximum atomic E-state index is 12.1. The van der Waals surface area contributed by atoms with Crippen molar-refractivity contribution in [2.45, 2.75) is 76.9 Å². The quantitative estimate of drug-likeness (QED) is 0.414.